The average molecular weight is 253 g/mol. The molecule has 1 heterocycles. The largest absolute Gasteiger partial charge is 0.508 e. The number of ether oxygens (including phenoxy) is 1. The minimum Gasteiger partial charge on any atom is -0.508 e. The molecule has 0 radical (unpaired) electrons. The molecule has 1 aromatic rings. The number of hydrogen-bond donors (Lipinski definition) is 2. The van der Waals surface area contributed by atoms with Gasteiger partial charge in [-0.1, -0.05) is 0 Å². The molecule has 5 heteroatoms. The van der Waals surface area contributed by atoms with Gasteiger partial charge in [0.25, 0.3) is 5.91 Å². The van der Waals surface area contributed by atoms with Gasteiger partial charge >= 0.3 is 0 Å². The van der Waals surface area contributed by atoms with Crippen molar-refractivity contribution in [2.24, 2.45) is 5.92 Å². The van der Waals surface area contributed by atoms with Crippen LogP contribution in [0.25, 0.3) is 0 Å². The van der Waals surface area contributed by atoms with Crippen LogP contribution < -0.4 is 5.32 Å². The summed E-state index contributed by atoms with van der Waals surface area (Å²) in [4.78, 5) is 11.9. The third-order valence-electron chi connectivity index (χ3n) is 3.23. The fourth-order valence-electron chi connectivity index (χ4n) is 2.04. The van der Waals surface area contributed by atoms with Crippen molar-refractivity contribution in [3.8, 4) is 5.75 Å². The number of phenols is 1. The molecule has 2 atom stereocenters. The quantitative estimate of drug-likeness (QED) is 0.861. The van der Waals surface area contributed by atoms with Crippen LogP contribution in [0, 0.1) is 11.7 Å². The van der Waals surface area contributed by atoms with Gasteiger partial charge in [-0.15, -0.1) is 0 Å². The molecule has 98 valence electrons. The van der Waals surface area contributed by atoms with Crippen LogP contribution in [0.1, 0.15) is 23.7 Å². The van der Waals surface area contributed by atoms with Crippen LogP contribution in [-0.2, 0) is 4.74 Å². The summed E-state index contributed by atoms with van der Waals surface area (Å²) in [5, 5.41) is 11.8. The van der Waals surface area contributed by atoms with Crippen LogP contribution >= 0.6 is 0 Å². The SMILES string of the molecule is C[C@@H](NC(=O)c1ccc(O)cc1F)[C@@H]1CCOC1. The number of nitrogens with one attached hydrogen (secondary N) is 1. The Kier molecular flexibility index (Phi) is 3.81. The van der Waals surface area contributed by atoms with Gasteiger partial charge in [0.2, 0.25) is 0 Å². The van der Waals surface area contributed by atoms with Gasteiger partial charge in [0.15, 0.2) is 0 Å². The van der Waals surface area contributed by atoms with Gasteiger partial charge in [-0.05, 0) is 25.5 Å². The van der Waals surface area contributed by atoms with E-state index in [0.717, 1.165) is 12.5 Å². The maximum atomic E-state index is 13.5. The smallest absolute Gasteiger partial charge is 0.254 e. The van der Waals surface area contributed by atoms with Crippen LogP contribution in [0.15, 0.2) is 18.2 Å². The fraction of sp³-hybridized carbons (Fsp3) is 0.462. The zero-order chi connectivity index (χ0) is 13.1. The number of benzene rings is 1. The summed E-state index contributed by atoms with van der Waals surface area (Å²) in [7, 11) is 0. The highest BCUT2D eigenvalue weighted by molar-refractivity contribution is 5.94. The summed E-state index contributed by atoms with van der Waals surface area (Å²) in [5.41, 5.74) is -0.0569. The van der Waals surface area contributed by atoms with Crippen molar-refractivity contribution in [1.82, 2.24) is 5.32 Å². The van der Waals surface area contributed by atoms with Crippen molar-refractivity contribution >= 4 is 5.91 Å². The van der Waals surface area contributed by atoms with Crippen molar-refractivity contribution in [1.29, 1.82) is 0 Å². The Hall–Kier alpha value is -1.62. The normalized spacial score (nSPS) is 20.7. The van der Waals surface area contributed by atoms with E-state index in [1.807, 2.05) is 6.92 Å². The number of halogens is 1. The second kappa shape index (κ2) is 5.35. The summed E-state index contributed by atoms with van der Waals surface area (Å²) >= 11 is 0. The van der Waals surface area contributed by atoms with Gasteiger partial charge in [-0.3, -0.25) is 4.79 Å². The Balaban J connectivity index is 2.02. The van der Waals surface area contributed by atoms with Crippen molar-refractivity contribution < 1.29 is 19.0 Å². The van der Waals surface area contributed by atoms with Crippen molar-refractivity contribution in [3.63, 3.8) is 0 Å². The molecule has 0 aromatic heterocycles. The Labute approximate surface area is 105 Å². The Bertz CT molecular complexity index is 444. The number of phenolic OH excluding ortho intramolecular Hbond substituents is 1. The van der Waals surface area contributed by atoms with Gasteiger partial charge in [-0.2, -0.15) is 0 Å². The minimum absolute atomic E-state index is 0.0569. The number of carbonyl (C=O) groups is 1. The van der Waals surface area contributed by atoms with E-state index in [1.54, 1.807) is 0 Å². The van der Waals surface area contributed by atoms with Crippen molar-refractivity contribution in [2.75, 3.05) is 13.2 Å². The summed E-state index contributed by atoms with van der Waals surface area (Å²) in [5.74, 6) is -1.11. The summed E-state index contributed by atoms with van der Waals surface area (Å²) < 4.78 is 18.7. The van der Waals surface area contributed by atoms with Crippen LogP contribution in [0.2, 0.25) is 0 Å². The minimum atomic E-state index is -0.720. The van der Waals surface area contributed by atoms with Crippen LogP contribution in [-0.4, -0.2) is 30.3 Å². The maximum absolute atomic E-state index is 13.5. The second-order valence-corrected chi connectivity index (χ2v) is 4.55. The molecule has 0 spiro atoms. The van der Waals surface area contributed by atoms with Gasteiger partial charge < -0.3 is 15.2 Å². The molecule has 18 heavy (non-hydrogen) atoms. The van der Waals surface area contributed by atoms with E-state index >= 15 is 0 Å². The van der Waals surface area contributed by atoms with Gasteiger partial charge in [0, 0.05) is 24.6 Å². The first-order valence-corrected chi connectivity index (χ1v) is 5.95. The zero-order valence-electron chi connectivity index (χ0n) is 10.1. The summed E-state index contributed by atoms with van der Waals surface area (Å²) in [6.07, 6.45) is 0.902. The Morgan fingerprint density at radius 3 is 3.00 bits per heavy atom. The fourth-order valence-corrected chi connectivity index (χ4v) is 2.04. The highest BCUT2D eigenvalue weighted by atomic mass is 19.1. The lowest BCUT2D eigenvalue weighted by Gasteiger charge is -2.19. The molecule has 0 unspecified atom stereocenters. The molecule has 1 fully saturated rings. The van der Waals surface area contributed by atoms with Crippen LogP contribution in [0.5, 0.6) is 5.75 Å². The third-order valence-corrected chi connectivity index (χ3v) is 3.23. The van der Waals surface area contributed by atoms with E-state index in [1.165, 1.54) is 12.1 Å². The lowest BCUT2D eigenvalue weighted by atomic mass is 10.0. The van der Waals surface area contributed by atoms with E-state index in [9.17, 15) is 9.18 Å². The molecule has 1 amide bonds. The number of carbonyl (C=O) groups excluding carboxylic acids is 1. The molecule has 2 N–H and O–H groups in total. The molecular weight excluding hydrogens is 237 g/mol. The predicted octanol–water partition coefficient (Wildman–Crippen LogP) is 1.69. The first-order valence-electron chi connectivity index (χ1n) is 5.95. The molecule has 0 saturated carbocycles. The molecular formula is C13H16FNO3. The highest BCUT2D eigenvalue weighted by Gasteiger charge is 2.24. The molecule has 2 rings (SSSR count). The van der Waals surface area contributed by atoms with Crippen LogP contribution in [0.3, 0.4) is 0 Å². The van der Waals surface area contributed by atoms with E-state index in [0.29, 0.717) is 13.2 Å². The third kappa shape index (κ3) is 2.79. The topological polar surface area (TPSA) is 58.6 Å². The number of aromatic hydroxyl groups is 1. The van der Waals surface area contributed by atoms with E-state index in [-0.39, 0.29) is 23.3 Å². The standard InChI is InChI=1S/C13H16FNO3/c1-8(9-4-5-18-7-9)15-13(17)11-3-2-10(16)6-12(11)14/h2-3,6,8-9,16H,4-5,7H2,1H3,(H,15,17)/t8-,9-/m1/s1. The van der Waals surface area contributed by atoms with Gasteiger partial charge in [0.1, 0.15) is 11.6 Å². The Morgan fingerprint density at radius 2 is 2.39 bits per heavy atom. The molecule has 0 bridgehead atoms. The van der Waals surface area contributed by atoms with E-state index in [2.05, 4.69) is 5.32 Å². The lowest BCUT2D eigenvalue weighted by Crippen LogP contribution is -2.38. The first-order chi connectivity index (χ1) is 8.58. The second-order valence-electron chi connectivity index (χ2n) is 4.55. The van der Waals surface area contributed by atoms with Gasteiger partial charge in [0.05, 0.1) is 12.2 Å². The van der Waals surface area contributed by atoms with Gasteiger partial charge in [-0.25, -0.2) is 4.39 Å². The molecule has 1 saturated heterocycles. The maximum Gasteiger partial charge on any atom is 0.254 e. The molecule has 1 aliphatic heterocycles. The van der Waals surface area contributed by atoms with E-state index < -0.39 is 11.7 Å². The zero-order valence-corrected chi connectivity index (χ0v) is 10.1. The Morgan fingerprint density at radius 1 is 1.61 bits per heavy atom. The van der Waals surface area contributed by atoms with Crippen molar-refractivity contribution in [2.45, 2.75) is 19.4 Å². The molecule has 1 aromatic carbocycles. The number of amides is 1. The predicted molar refractivity (Wildman–Crippen MR) is 63.9 cm³/mol. The van der Waals surface area contributed by atoms with E-state index in [4.69, 9.17) is 9.84 Å². The molecule has 4 nitrogen and oxygen atoms in total. The summed E-state index contributed by atoms with van der Waals surface area (Å²) in [6, 6.07) is 3.44. The number of rotatable bonds is 3. The van der Waals surface area contributed by atoms with Crippen LogP contribution in [0.4, 0.5) is 4.39 Å². The van der Waals surface area contributed by atoms with Crippen molar-refractivity contribution in [3.05, 3.63) is 29.6 Å². The monoisotopic (exact) mass is 253 g/mol. The molecule has 1 aliphatic rings. The summed E-state index contributed by atoms with van der Waals surface area (Å²) in [6.45, 7) is 3.22. The average Bonchev–Trinajstić information content (AvgIpc) is 2.81. The highest BCUT2D eigenvalue weighted by Crippen LogP contribution is 2.18. The lowest BCUT2D eigenvalue weighted by molar-refractivity contribution is 0.0918. The molecule has 0 aliphatic carbocycles. The number of hydrogen-bond acceptors (Lipinski definition) is 3. The first kappa shape index (κ1) is 12.8.